The molecule has 0 bridgehead atoms. The van der Waals surface area contributed by atoms with Gasteiger partial charge in [-0.25, -0.2) is 4.98 Å². The minimum atomic E-state index is 0.0613. The number of nitrogens with two attached hydrogens (primary N) is 1. The third kappa shape index (κ3) is 3.51. The first-order chi connectivity index (χ1) is 9.16. The number of likely N-dealkylation sites (N-methyl/N-ethyl adjacent to an activating group) is 1. The van der Waals surface area contributed by atoms with Crippen molar-refractivity contribution in [3.8, 4) is 0 Å². The Balaban J connectivity index is 2.02. The molecule has 0 radical (unpaired) electrons. The Morgan fingerprint density at radius 2 is 2.00 bits per heavy atom. The normalized spacial score (nSPS) is 10.2. The van der Waals surface area contributed by atoms with Crippen molar-refractivity contribution in [2.45, 2.75) is 6.42 Å². The van der Waals surface area contributed by atoms with Crippen LogP contribution >= 0.6 is 0 Å². The zero-order valence-electron chi connectivity index (χ0n) is 10.9. The van der Waals surface area contributed by atoms with Crippen molar-refractivity contribution in [2.24, 2.45) is 5.73 Å². The van der Waals surface area contributed by atoms with Gasteiger partial charge in [-0.1, -0.05) is 0 Å². The van der Waals surface area contributed by atoms with Gasteiger partial charge in [0.05, 0.1) is 0 Å². The summed E-state index contributed by atoms with van der Waals surface area (Å²) in [6, 6.07) is 7.58. The van der Waals surface area contributed by atoms with Gasteiger partial charge in [-0.2, -0.15) is 0 Å². The maximum atomic E-state index is 7.43. The summed E-state index contributed by atoms with van der Waals surface area (Å²) >= 11 is 0. The fourth-order valence-corrected chi connectivity index (χ4v) is 1.76. The van der Waals surface area contributed by atoms with Crippen molar-refractivity contribution < 1.29 is 0 Å². The van der Waals surface area contributed by atoms with Crippen molar-refractivity contribution in [3.63, 3.8) is 0 Å². The van der Waals surface area contributed by atoms with Crippen LogP contribution in [0.4, 0.5) is 5.82 Å². The van der Waals surface area contributed by atoms with Gasteiger partial charge in [0, 0.05) is 37.7 Å². The number of nitrogens with zero attached hydrogens (tertiary/aromatic N) is 3. The van der Waals surface area contributed by atoms with Gasteiger partial charge in [0.1, 0.15) is 11.7 Å². The maximum Gasteiger partial charge on any atom is 0.128 e. The fraction of sp³-hybridized carbons (Fsp3) is 0.214. The summed E-state index contributed by atoms with van der Waals surface area (Å²) in [5, 5.41) is 7.43. The monoisotopic (exact) mass is 255 g/mol. The molecule has 0 spiro atoms. The molecule has 3 N–H and O–H groups in total. The second-order valence-corrected chi connectivity index (χ2v) is 4.34. The summed E-state index contributed by atoms with van der Waals surface area (Å²) in [7, 11) is 1.98. The zero-order valence-corrected chi connectivity index (χ0v) is 10.9. The number of aromatic nitrogens is 2. The molecule has 0 fully saturated rings. The van der Waals surface area contributed by atoms with E-state index >= 15 is 0 Å². The summed E-state index contributed by atoms with van der Waals surface area (Å²) in [6.45, 7) is 0.846. The van der Waals surface area contributed by atoms with E-state index in [2.05, 4.69) is 9.97 Å². The van der Waals surface area contributed by atoms with Gasteiger partial charge in [0.15, 0.2) is 0 Å². The van der Waals surface area contributed by atoms with Gasteiger partial charge in [0.25, 0.3) is 0 Å². The van der Waals surface area contributed by atoms with Crippen LogP contribution in [-0.4, -0.2) is 29.4 Å². The molecule has 2 heterocycles. The van der Waals surface area contributed by atoms with Crippen LogP contribution < -0.4 is 10.6 Å². The van der Waals surface area contributed by atoms with Crippen LogP contribution in [-0.2, 0) is 6.42 Å². The number of hydrogen-bond acceptors (Lipinski definition) is 4. The first-order valence-electron chi connectivity index (χ1n) is 6.07. The van der Waals surface area contributed by atoms with Crippen LogP contribution in [0.2, 0.25) is 0 Å². The lowest BCUT2D eigenvalue weighted by Gasteiger charge is -2.18. The molecule has 0 aliphatic rings. The minimum absolute atomic E-state index is 0.0613. The van der Waals surface area contributed by atoms with E-state index in [0.717, 1.165) is 18.8 Å². The number of hydrogen-bond donors (Lipinski definition) is 2. The number of amidine groups is 1. The van der Waals surface area contributed by atoms with Gasteiger partial charge >= 0.3 is 0 Å². The predicted octanol–water partition coefficient (Wildman–Crippen LogP) is 1.44. The largest absolute Gasteiger partial charge is 0.384 e. The van der Waals surface area contributed by atoms with Crippen LogP contribution in [0.15, 0.2) is 42.9 Å². The van der Waals surface area contributed by atoms with Gasteiger partial charge in [-0.15, -0.1) is 0 Å². The molecule has 0 aromatic carbocycles. The van der Waals surface area contributed by atoms with E-state index in [-0.39, 0.29) is 5.84 Å². The molecule has 0 saturated heterocycles. The Labute approximate surface area is 112 Å². The van der Waals surface area contributed by atoms with E-state index in [1.807, 2.05) is 30.1 Å². The highest BCUT2D eigenvalue weighted by Gasteiger charge is 2.05. The molecule has 98 valence electrons. The second-order valence-electron chi connectivity index (χ2n) is 4.34. The first-order valence-corrected chi connectivity index (χ1v) is 6.07. The highest BCUT2D eigenvalue weighted by molar-refractivity contribution is 5.95. The Bertz CT molecular complexity index is 553. The lowest BCUT2D eigenvalue weighted by Crippen LogP contribution is -2.22. The SMILES string of the molecule is CN(CCc1ccncc1)c1cc(C(=N)N)ccn1. The molecule has 2 rings (SSSR count). The van der Waals surface area contributed by atoms with Gasteiger partial charge in [-0.05, 0) is 36.2 Å². The summed E-state index contributed by atoms with van der Waals surface area (Å²) < 4.78 is 0. The van der Waals surface area contributed by atoms with Crippen LogP contribution in [0.3, 0.4) is 0 Å². The topological polar surface area (TPSA) is 78.9 Å². The molecule has 5 heteroatoms. The molecular formula is C14H17N5. The highest BCUT2D eigenvalue weighted by atomic mass is 15.2. The third-order valence-corrected chi connectivity index (χ3v) is 2.93. The van der Waals surface area contributed by atoms with Crippen LogP contribution in [0, 0.1) is 5.41 Å². The zero-order chi connectivity index (χ0) is 13.7. The third-order valence-electron chi connectivity index (χ3n) is 2.93. The Morgan fingerprint density at radius 3 is 2.68 bits per heavy atom. The number of nitrogens with one attached hydrogen (secondary N) is 1. The van der Waals surface area contributed by atoms with Crippen molar-refractivity contribution in [1.82, 2.24) is 9.97 Å². The molecule has 0 aliphatic carbocycles. The number of pyridine rings is 2. The van der Waals surface area contributed by atoms with E-state index in [0.29, 0.717) is 5.56 Å². The van der Waals surface area contributed by atoms with E-state index in [4.69, 9.17) is 11.1 Å². The summed E-state index contributed by atoms with van der Waals surface area (Å²) in [5.41, 5.74) is 7.41. The average molecular weight is 255 g/mol. The minimum Gasteiger partial charge on any atom is -0.384 e. The van der Waals surface area contributed by atoms with E-state index < -0.39 is 0 Å². The van der Waals surface area contributed by atoms with Crippen molar-refractivity contribution in [2.75, 3.05) is 18.5 Å². The second kappa shape index (κ2) is 5.95. The molecular weight excluding hydrogens is 238 g/mol. The number of anilines is 1. The quantitative estimate of drug-likeness (QED) is 0.626. The van der Waals surface area contributed by atoms with E-state index in [1.165, 1.54) is 5.56 Å². The molecule has 19 heavy (non-hydrogen) atoms. The molecule has 0 unspecified atom stereocenters. The predicted molar refractivity (Wildman–Crippen MR) is 76.5 cm³/mol. The Hall–Kier alpha value is -2.43. The lowest BCUT2D eigenvalue weighted by molar-refractivity contribution is 0.858. The smallest absolute Gasteiger partial charge is 0.128 e. The average Bonchev–Trinajstić information content (AvgIpc) is 2.46. The van der Waals surface area contributed by atoms with E-state index in [1.54, 1.807) is 24.7 Å². The first kappa shape index (κ1) is 13.0. The van der Waals surface area contributed by atoms with Crippen LogP contribution in [0.25, 0.3) is 0 Å². The summed E-state index contributed by atoms with van der Waals surface area (Å²) in [5.74, 6) is 0.882. The number of nitrogen functional groups attached to an aromatic ring is 1. The standard InChI is InChI=1S/C14H17N5/c1-19(9-5-11-2-6-17-7-3-11)13-10-12(14(15)16)4-8-18-13/h2-4,6-8,10H,5,9H2,1H3,(H3,15,16). The van der Waals surface area contributed by atoms with Crippen molar-refractivity contribution in [3.05, 3.63) is 54.0 Å². The van der Waals surface area contributed by atoms with E-state index in [9.17, 15) is 0 Å². The molecule has 2 aromatic rings. The Morgan fingerprint density at radius 1 is 1.26 bits per heavy atom. The van der Waals surface area contributed by atoms with Crippen molar-refractivity contribution in [1.29, 1.82) is 5.41 Å². The molecule has 0 atom stereocenters. The molecule has 2 aromatic heterocycles. The molecule has 0 saturated carbocycles. The van der Waals surface area contributed by atoms with Gasteiger partial charge in [-0.3, -0.25) is 10.4 Å². The van der Waals surface area contributed by atoms with Gasteiger partial charge < -0.3 is 10.6 Å². The summed E-state index contributed by atoms with van der Waals surface area (Å²) in [6.07, 6.45) is 6.19. The maximum absolute atomic E-state index is 7.43. The molecule has 0 aliphatic heterocycles. The lowest BCUT2D eigenvalue weighted by atomic mass is 10.2. The van der Waals surface area contributed by atoms with Crippen LogP contribution in [0.5, 0.6) is 0 Å². The van der Waals surface area contributed by atoms with Crippen LogP contribution in [0.1, 0.15) is 11.1 Å². The van der Waals surface area contributed by atoms with Crippen molar-refractivity contribution >= 4 is 11.7 Å². The van der Waals surface area contributed by atoms with Gasteiger partial charge in [0.2, 0.25) is 0 Å². The highest BCUT2D eigenvalue weighted by Crippen LogP contribution is 2.11. The fourth-order valence-electron chi connectivity index (χ4n) is 1.76. The summed E-state index contributed by atoms with van der Waals surface area (Å²) in [4.78, 5) is 10.3. The molecule has 5 nitrogen and oxygen atoms in total. The molecule has 0 amide bonds. The Kier molecular flexibility index (Phi) is 4.07. The number of rotatable bonds is 5.